The first kappa shape index (κ1) is 14.7. The molecule has 1 saturated carbocycles. The summed E-state index contributed by atoms with van der Waals surface area (Å²) in [5.41, 5.74) is -0.721. The Balaban J connectivity index is 2.39. The molecule has 0 radical (unpaired) electrons. The highest BCUT2D eigenvalue weighted by atomic mass is 19.3. The molecule has 0 bridgehead atoms. The summed E-state index contributed by atoms with van der Waals surface area (Å²) in [7, 11) is 1.20. The fourth-order valence-corrected chi connectivity index (χ4v) is 1.40. The van der Waals surface area contributed by atoms with Crippen LogP contribution in [0.2, 0.25) is 0 Å². The molecule has 0 aromatic carbocycles. The van der Waals surface area contributed by atoms with Crippen LogP contribution >= 0.6 is 0 Å². The summed E-state index contributed by atoms with van der Waals surface area (Å²) in [6.07, 6.45) is -1.91. The van der Waals surface area contributed by atoms with E-state index in [0.29, 0.717) is 5.06 Å². The molecule has 104 valence electrons. The number of amides is 1. The molecule has 5 nitrogen and oxygen atoms in total. The Hall–Kier alpha value is -1.40. The number of alkyl halides is 2. The quantitative estimate of drug-likeness (QED) is 0.683. The largest absolute Gasteiger partial charge is 0.443 e. The van der Waals surface area contributed by atoms with E-state index in [1.54, 1.807) is 20.8 Å². The van der Waals surface area contributed by atoms with Crippen molar-refractivity contribution in [2.24, 2.45) is 5.92 Å². The molecule has 1 rings (SSSR count). The van der Waals surface area contributed by atoms with Gasteiger partial charge in [0.2, 0.25) is 5.92 Å². The Kier molecular flexibility index (Phi) is 3.83. The first-order chi connectivity index (χ1) is 8.00. The van der Waals surface area contributed by atoms with E-state index >= 15 is 0 Å². The number of ether oxygens (including phenoxy) is 1. The summed E-state index contributed by atoms with van der Waals surface area (Å²) in [4.78, 5) is 27.5. The van der Waals surface area contributed by atoms with Crippen LogP contribution in [0.1, 0.15) is 33.6 Å². The third-order valence-electron chi connectivity index (χ3n) is 2.30. The third-order valence-corrected chi connectivity index (χ3v) is 2.30. The Morgan fingerprint density at radius 2 is 1.78 bits per heavy atom. The molecular weight excluding hydrogens is 248 g/mol. The fraction of sp³-hybridized carbons (Fsp3) is 0.818. The van der Waals surface area contributed by atoms with Crippen LogP contribution in [-0.2, 0) is 14.4 Å². The second-order valence-electron chi connectivity index (χ2n) is 5.35. The van der Waals surface area contributed by atoms with Crippen LogP contribution in [0.3, 0.4) is 0 Å². The Morgan fingerprint density at radius 3 is 2.17 bits per heavy atom. The van der Waals surface area contributed by atoms with E-state index in [1.807, 2.05) is 0 Å². The Morgan fingerprint density at radius 1 is 1.28 bits per heavy atom. The molecule has 0 atom stereocenters. The number of hydrogen-bond donors (Lipinski definition) is 0. The van der Waals surface area contributed by atoms with E-state index in [0.717, 1.165) is 0 Å². The standard InChI is InChI=1S/C11H17F2NO4/c1-10(2,3)17-9(16)14(4)18-8(15)7-5-11(12,13)6-7/h7H,5-6H2,1-4H3. The number of carbonyl (C=O) groups excluding carboxylic acids is 2. The van der Waals surface area contributed by atoms with Gasteiger partial charge in [0.1, 0.15) is 5.60 Å². The van der Waals surface area contributed by atoms with Gasteiger partial charge in [0.05, 0.1) is 13.0 Å². The van der Waals surface area contributed by atoms with Crippen molar-refractivity contribution in [3.63, 3.8) is 0 Å². The maximum atomic E-state index is 12.6. The van der Waals surface area contributed by atoms with Crippen LogP contribution in [0.5, 0.6) is 0 Å². The van der Waals surface area contributed by atoms with Gasteiger partial charge >= 0.3 is 12.1 Å². The van der Waals surface area contributed by atoms with Crippen molar-refractivity contribution in [2.45, 2.75) is 45.1 Å². The van der Waals surface area contributed by atoms with Crippen molar-refractivity contribution < 1.29 is 27.9 Å². The topological polar surface area (TPSA) is 55.8 Å². The molecule has 0 heterocycles. The summed E-state index contributed by atoms with van der Waals surface area (Å²) >= 11 is 0. The van der Waals surface area contributed by atoms with Gasteiger partial charge in [0.15, 0.2) is 0 Å². The lowest BCUT2D eigenvalue weighted by Gasteiger charge is -2.33. The summed E-state index contributed by atoms with van der Waals surface area (Å²) in [6.45, 7) is 4.98. The van der Waals surface area contributed by atoms with Crippen molar-refractivity contribution in [3.05, 3.63) is 0 Å². The molecule has 0 spiro atoms. The molecular formula is C11H17F2NO4. The second-order valence-corrected chi connectivity index (χ2v) is 5.35. The highest BCUT2D eigenvalue weighted by molar-refractivity contribution is 5.76. The van der Waals surface area contributed by atoms with Gasteiger partial charge in [-0.1, -0.05) is 0 Å². The number of carbonyl (C=O) groups is 2. The van der Waals surface area contributed by atoms with Crippen LogP contribution in [0.15, 0.2) is 0 Å². The molecule has 1 fully saturated rings. The van der Waals surface area contributed by atoms with Crippen LogP contribution in [-0.4, -0.2) is 35.7 Å². The Bertz CT molecular complexity index is 343. The lowest BCUT2D eigenvalue weighted by Crippen LogP contribution is -2.44. The van der Waals surface area contributed by atoms with E-state index < -0.39 is 42.3 Å². The zero-order chi connectivity index (χ0) is 14.1. The number of halogens is 2. The van der Waals surface area contributed by atoms with Crippen LogP contribution in [0.4, 0.5) is 13.6 Å². The van der Waals surface area contributed by atoms with Gasteiger partial charge in [-0.15, -0.1) is 5.06 Å². The monoisotopic (exact) mass is 265 g/mol. The summed E-state index contributed by atoms with van der Waals surface area (Å²) < 4.78 is 30.0. The number of rotatable bonds is 1. The highest BCUT2D eigenvalue weighted by Crippen LogP contribution is 2.42. The average Bonchev–Trinajstić information content (AvgIpc) is 2.10. The zero-order valence-electron chi connectivity index (χ0n) is 10.8. The van der Waals surface area contributed by atoms with Gasteiger partial charge in [-0.05, 0) is 20.8 Å². The van der Waals surface area contributed by atoms with Gasteiger partial charge in [-0.25, -0.2) is 18.4 Å². The molecule has 0 aromatic rings. The molecule has 7 heteroatoms. The molecule has 0 aliphatic heterocycles. The van der Waals surface area contributed by atoms with Crippen LogP contribution < -0.4 is 0 Å². The molecule has 1 aliphatic rings. The van der Waals surface area contributed by atoms with Crippen LogP contribution in [0.25, 0.3) is 0 Å². The van der Waals surface area contributed by atoms with Gasteiger partial charge in [0.25, 0.3) is 0 Å². The van der Waals surface area contributed by atoms with Crippen LogP contribution in [0, 0.1) is 5.92 Å². The first-order valence-corrected chi connectivity index (χ1v) is 5.56. The van der Waals surface area contributed by atoms with Crippen molar-refractivity contribution in [2.75, 3.05) is 7.05 Å². The van der Waals surface area contributed by atoms with Crippen molar-refractivity contribution in [3.8, 4) is 0 Å². The summed E-state index contributed by atoms with van der Waals surface area (Å²) in [6, 6.07) is 0. The maximum absolute atomic E-state index is 12.6. The predicted molar refractivity (Wildman–Crippen MR) is 57.8 cm³/mol. The minimum absolute atomic E-state index is 0.534. The molecule has 0 saturated heterocycles. The molecule has 1 amide bonds. The number of nitrogens with zero attached hydrogens (tertiary/aromatic N) is 1. The van der Waals surface area contributed by atoms with Gasteiger partial charge in [0, 0.05) is 12.8 Å². The summed E-state index contributed by atoms with van der Waals surface area (Å²) in [5.74, 6) is -4.49. The molecule has 18 heavy (non-hydrogen) atoms. The first-order valence-electron chi connectivity index (χ1n) is 5.56. The SMILES string of the molecule is CN(OC(=O)C1CC(F)(F)C1)C(=O)OC(C)(C)C. The fourth-order valence-electron chi connectivity index (χ4n) is 1.40. The van der Waals surface area contributed by atoms with E-state index in [-0.39, 0.29) is 0 Å². The van der Waals surface area contributed by atoms with Crippen molar-refractivity contribution >= 4 is 12.1 Å². The van der Waals surface area contributed by atoms with Gasteiger partial charge in [-0.3, -0.25) is 0 Å². The molecule has 0 unspecified atom stereocenters. The molecule has 0 aromatic heterocycles. The van der Waals surface area contributed by atoms with E-state index in [2.05, 4.69) is 4.84 Å². The minimum atomic E-state index is -2.80. The van der Waals surface area contributed by atoms with E-state index in [1.165, 1.54) is 7.05 Å². The van der Waals surface area contributed by atoms with Crippen molar-refractivity contribution in [1.82, 2.24) is 5.06 Å². The average molecular weight is 265 g/mol. The normalized spacial score (nSPS) is 18.8. The molecule has 1 aliphatic carbocycles. The summed E-state index contributed by atoms with van der Waals surface area (Å²) in [5, 5.41) is 0.615. The van der Waals surface area contributed by atoms with E-state index in [4.69, 9.17) is 4.74 Å². The predicted octanol–water partition coefficient (Wildman–Crippen LogP) is 2.36. The number of hydrogen-bond acceptors (Lipinski definition) is 4. The van der Waals surface area contributed by atoms with Crippen molar-refractivity contribution in [1.29, 1.82) is 0 Å². The minimum Gasteiger partial charge on any atom is -0.442 e. The highest BCUT2D eigenvalue weighted by Gasteiger charge is 2.50. The smallest absolute Gasteiger partial charge is 0.442 e. The second kappa shape index (κ2) is 4.70. The Labute approximate surface area is 104 Å². The third kappa shape index (κ3) is 4.12. The molecule has 0 N–H and O–H groups in total. The van der Waals surface area contributed by atoms with Gasteiger partial charge in [-0.2, -0.15) is 0 Å². The lowest BCUT2D eigenvalue weighted by atomic mass is 9.81. The zero-order valence-corrected chi connectivity index (χ0v) is 10.8. The maximum Gasteiger partial charge on any atom is 0.443 e. The lowest BCUT2D eigenvalue weighted by molar-refractivity contribution is -0.201. The van der Waals surface area contributed by atoms with Gasteiger partial charge < -0.3 is 9.57 Å². The number of hydroxylamine groups is 2. The van der Waals surface area contributed by atoms with E-state index in [9.17, 15) is 18.4 Å².